The van der Waals surface area contributed by atoms with Gasteiger partial charge in [-0.1, -0.05) is 36.4 Å². The van der Waals surface area contributed by atoms with Crippen LogP contribution in [0.15, 0.2) is 146 Å². The summed E-state index contributed by atoms with van der Waals surface area (Å²) in [5.74, 6) is 1.51. The lowest BCUT2D eigenvalue weighted by Crippen LogP contribution is -2.03. The normalized spacial score (nSPS) is 12.0. The number of ether oxygens (including phenoxy) is 2. The maximum atomic E-state index is 9.61. The summed E-state index contributed by atoms with van der Waals surface area (Å²) in [6.07, 6.45) is 7.36. The number of hydrogen-bond donors (Lipinski definition) is 0. The van der Waals surface area contributed by atoms with E-state index in [1.165, 1.54) is 0 Å². The second-order valence-electron chi connectivity index (χ2n) is 11.8. The van der Waals surface area contributed by atoms with Crippen molar-refractivity contribution in [2.45, 2.75) is 0 Å². The summed E-state index contributed by atoms with van der Waals surface area (Å²) >= 11 is 0. The highest BCUT2D eigenvalue weighted by atomic mass is 16.7. The first-order valence-corrected chi connectivity index (χ1v) is 15.7. The molecule has 9 rings (SSSR count). The zero-order chi connectivity index (χ0) is 32.0. The lowest BCUT2D eigenvalue weighted by atomic mass is 9.92. The number of nitrogens with zero attached hydrogens (tertiary/aromatic N) is 4. The number of para-hydroxylation sites is 1. The van der Waals surface area contributed by atoms with Gasteiger partial charge in [0.2, 0.25) is 6.79 Å². The zero-order valence-corrected chi connectivity index (χ0v) is 25.7. The van der Waals surface area contributed by atoms with E-state index in [1.807, 2.05) is 67.0 Å². The van der Waals surface area contributed by atoms with E-state index < -0.39 is 0 Å². The average molecular weight is 619 g/mol. The fraction of sp³-hybridized carbons (Fsp3) is 0.0238. The summed E-state index contributed by atoms with van der Waals surface area (Å²) in [5.41, 5.74) is 12.0. The second-order valence-corrected chi connectivity index (χ2v) is 11.8. The molecule has 5 aromatic carbocycles. The summed E-state index contributed by atoms with van der Waals surface area (Å²) in [7, 11) is 0. The monoisotopic (exact) mass is 618 g/mol. The Bertz CT molecular complexity index is 2490. The van der Waals surface area contributed by atoms with Crippen molar-refractivity contribution in [2.24, 2.45) is 0 Å². The standard InChI is InChI=1S/C42H26N4O2/c43-23-27-9-12-40-36(17-27)35-7-1-2-8-39(35)46(40)34-11-14-42-38(22-34)37-21-28(10-13-41(37)47-26-48-42)31-18-32(29-5-3-15-44-24-29)20-33(19-31)30-6-4-16-45-25-30/h1-22,24-25H,26H2. The van der Waals surface area contributed by atoms with Crippen molar-refractivity contribution < 1.29 is 9.47 Å². The molecule has 0 spiro atoms. The average Bonchev–Trinajstić information content (AvgIpc) is 3.37. The lowest BCUT2D eigenvalue weighted by molar-refractivity contribution is 0.125. The van der Waals surface area contributed by atoms with Crippen LogP contribution in [0.3, 0.4) is 0 Å². The van der Waals surface area contributed by atoms with Gasteiger partial charge in [0.15, 0.2) is 0 Å². The molecule has 6 heteroatoms. The largest absolute Gasteiger partial charge is 0.457 e. The van der Waals surface area contributed by atoms with Crippen molar-refractivity contribution in [2.75, 3.05) is 6.79 Å². The number of rotatable bonds is 4. The molecule has 0 saturated heterocycles. The van der Waals surface area contributed by atoms with Crippen LogP contribution in [0.4, 0.5) is 0 Å². The van der Waals surface area contributed by atoms with Crippen LogP contribution >= 0.6 is 0 Å². The Kier molecular flexibility index (Phi) is 6.48. The quantitative estimate of drug-likeness (QED) is 0.196. The van der Waals surface area contributed by atoms with Crippen molar-refractivity contribution >= 4 is 21.8 Å². The first-order valence-electron chi connectivity index (χ1n) is 15.7. The van der Waals surface area contributed by atoms with Crippen molar-refractivity contribution in [3.63, 3.8) is 0 Å². The van der Waals surface area contributed by atoms with Gasteiger partial charge >= 0.3 is 0 Å². The van der Waals surface area contributed by atoms with E-state index in [1.54, 1.807) is 12.4 Å². The van der Waals surface area contributed by atoms with Crippen LogP contribution in [-0.4, -0.2) is 21.3 Å². The summed E-state index contributed by atoms with van der Waals surface area (Å²) in [6.45, 7) is 0.118. The van der Waals surface area contributed by atoms with Crippen LogP contribution in [0.25, 0.3) is 72.0 Å². The van der Waals surface area contributed by atoms with E-state index in [4.69, 9.17) is 9.47 Å². The molecule has 8 aromatic rings. The molecule has 0 amide bonds. The van der Waals surface area contributed by atoms with Crippen molar-refractivity contribution in [3.8, 4) is 67.8 Å². The highest BCUT2D eigenvalue weighted by Gasteiger charge is 2.21. The third kappa shape index (κ3) is 4.65. The molecular weight excluding hydrogens is 592 g/mol. The van der Waals surface area contributed by atoms with Gasteiger partial charge in [0.1, 0.15) is 11.5 Å². The van der Waals surface area contributed by atoms with Crippen LogP contribution in [0.5, 0.6) is 11.5 Å². The second kappa shape index (κ2) is 11.3. The third-order valence-electron chi connectivity index (χ3n) is 8.98. The van der Waals surface area contributed by atoms with E-state index in [0.717, 1.165) is 83.5 Å². The van der Waals surface area contributed by atoms with Gasteiger partial charge in [-0.3, -0.25) is 9.97 Å². The van der Waals surface area contributed by atoms with E-state index in [2.05, 4.69) is 87.3 Å². The molecule has 0 bridgehead atoms. The Labute approximate surface area is 276 Å². The van der Waals surface area contributed by atoms with Crippen LogP contribution in [0.2, 0.25) is 0 Å². The van der Waals surface area contributed by atoms with Crippen molar-refractivity contribution in [3.05, 3.63) is 152 Å². The molecule has 0 radical (unpaired) electrons. The molecule has 1 aliphatic rings. The fourth-order valence-corrected chi connectivity index (χ4v) is 6.71. The van der Waals surface area contributed by atoms with Gasteiger partial charge in [-0.2, -0.15) is 5.26 Å². The number of benzene rings is 5. The minimum Gasteiger partial charge on any atom is -0.457 e. The number of aromatic nitrogens is 3. The minimum absolute atomic E-state index is 0.118. The van der Waals surface area contributed by atoms with E-state index >= 15 is 0 Å². The Hall–Kier alpha value is -6.71. The first-order chi connectivity index (χ1) is 23.7. The molecule has 0 unspecified atom stereocenters. The predicted molar refractivity (Wildman–Crippen MR) is 189 cm³/mol. The molecule has 0 N–H and O–H groups in total. The van der Waals surface area contributed by atoms with E-state index in [0.29, 0.717) is 5.56 Å². The van der Waals surface area contributed by atoms with Crippen LogP contribution in [0.1, 0.15) is 5.56 Å². The van der Waals surface area contributed by atoms with Gasteiger partial charge < -0.3 is 14.0 Å². The van der Waals surface area contributed by atoms with Crippen LogP contribution in [-0.2, 0) is 0 Å². The van der Waals surface area contributed by atoms with E-state index in [9.17, 15) is 5.26 Å². The summed E-state index contributed by atoms with van der Waals surface area (Å²) < 4.78 is 14.5. The summed E-state index contributed by atoms with van der Waals surface area (Å²) in [6, 6.07) is 43.7. The minimum atomic E-state index is 0.118. The fourth-order valence-electron chi connectivity index (χ4n) is 6.71. The highest BCUT2D eigenvalue weighted by molar-refractivity contribution is 6.09. The molecule has 0 fully saturated rings. The molecule has 0 atom stereocenters. The molecule has 3 aromatic heterocycles. The number of pyridine rings is 2. The molecule has 48 heavy (non-hydrogen) atoms. The third-order valence-corrected chi connectivity index (χ3v) is 8.98. The van der Waals surface area contributed by atoms with E-state index in [-0.39, 0.29) is 6.79 Å². The predicted octanol–water partition coefficient (Wildman–Crippen LogP) is 9.84. The molecule has 4 heterocycles. The van der Waals surface area contributed by atoms with Gasteiger partial charge in [0, 0.05) is 63.5 Å². The highest BCUT2D eigenvalue weighted by Crippen LogP contribution is 2.44. The van der Waals surface area contributed by atoms with Gasteiger partial charge in [-0.15, -0.1) is 0 Å². The van der Waals surface area contributed by atoms with Gasteiger partial charge in [-0.05, 0) is 107 Å². The molecule has 6 nitrogen and oxygen atoms in total. The van der Waals surface area contributed by atoms with Gasteiger partial charge in [0.05, 0.1) is 22.7 Å². The first kappa shape index (κ1) is 27.6. The Balaban J connectivity index is 1.23. The molecule has 226 valence electrons. The maximum Gasteiger partial charge on any atom is 0.230 e. The summed E-state index contributed by atoms with van der Waals surface area (Å²) in [5, 5.41) is 11.7. The van der Waals surface area contributed by atoms with Crippen LogP contribution in [0, 0.1) is 11.3 Å². The van der Waals surface area contributed by atoms with Crippen molar-refractivity contribution in [1.29, 1.82) is 5.26 Å². The Morgan fingerprint density at radius 2 is 1.19 bits per heavy atom. The Morgan fingerprint density at radius 3 is 1.88 bits per heavy atom. The molecule has 0 saturated carbocycles. The van der Waals surface area contributed by atoms with Gasteiger partial charge in [0.25, 0.3) is 0 Å². The molecular formula is C42H26N4O2. The molecule has 0 aliphatic carbocycles. The smallest absolute Gasteiger partial charge is 0.230 e. The zero-order valence-electron chi connectivity index (χ0n) is 25.7. The van der Waals surface area contributed by atoms with Gasteiger partial charge in [-0.25, -0.2) is 0 Å². The maximum absolute atomic E-state index is 9.61. The number of nitriles is 1. The SMILES string of the molecule is N#Cc1ccc2c(c1)c1ccccc1n2-c1ccc2c(c1)-c1cc(-c3cc(-c4cccnc4)cc(-c4cccnc4)c3)ccc1OCO2. The molecule has 1 aliphatic heterocycles. The Morgan fingerprint density at radius 1 is 0.542 bits per heavy atom. The van der Waals surface area contributed by atoms with Crippen LogP contribution < -0.4 is 9.47 Å². The topological polar surface area (TPSA) is 73.0 Å². The number of hydrogen-bond acceptors (Lipinski definition) is 5. The number of fused-ring (bicyclic) bond motifs is 6. The lowest BCUT2D eigenvalue weighted by Gasteiger charge is -2.15. The summed E-state index contributed by atoms with van der Waals surface area (Å²) in [4.78, 5) is 8.75. The van der Waals surface area contributed by atoms with Crippen molar-refractivity contribution in [1.82, 2.24) is 14.5 Å².